The summed E-state index contributed by atoms with van der Waals surface area (Å²) < 4.78 is 6.99. The average molecular weight is 936 g/mol. The Morgan fingerprint density at radius 1 is 0.247 bits per heavy atom. The van der Waals surface area contributed by atoms with E-state index < -0.39 is 0 Å². The predicted molar refractivity (Wildman–Crippen MR) is 310 cm³/mol. The van der Waals surface area contributed by atoms with Gasteiger partial charge in [0.25, 0.3) is 0 Å². The molecule has 0 radical (unpaired) electrons. The van der Waals surface area contributed by atoms with Crippen molar-refractivity contribution in [2.24, 2.45) is 0 Å². The second-order valence-electron chi connectivity index (χ2n) is 19.3. The number of nitrogens with zero attached hydrogens (tertiary/aromatic N) is 4. The third-order valence-corrected chi connectivity index (χ3v) is 15.1. The van der Waals surface area contributed by atoms with E-state index >= 15 is 0 Å². The van der Waals surface area contributed by atoms with Gasteiger partial charge in [0.2, 0.25) is 0 Å². The van der Waals surface area contributed by atoms with Gasteiger partial charge in [-0.2, -0.15) is 0 Å². The Kier molecular flexibility index (Phi) is 8.68. The molecular formula is C66H45N7. The number of aromatic nitrogens is 3. The van der Waals surface area contributed by atoms with Gasteiger partial charge in [-0.15, -0.1) is 0 Å². The largest absolute Gasteiger partial charge is 0.399 e. The number of nitrogen functional groups attached to an aromatic ring is 3. The van der Waals surface area contributed by atoms with Crippen molar-refractivity contribution in [1.82, 2.24) is 13.7 Å². The maximum absolute atomic E-state index is 6.47. The highest BCUT2D eigenvalue weighted by atomic mass is 15.1. The second kappa shape index (κ2) is 15.5. The molecule has 3 heterocycles. The number of hydrogen-bond acceptors (Lipinski definition) is 4. The first-order chi connectivity index (χ1) is 35.9. The van der Waals surface area contributed by atoms with E-state index in [2.05, 4.69) is 237 Å². The summed E-state index contributed by atoms with van der Waals surface area (Å²) in [5.74, 6) is 0. The van der Waals surface area contributed by atoms with Crippen molar-refractivity contribution < 1.29 is 0 Å². The van der Waals surface area contributed by atoms with Gasteiger partial charge in [-0.3, -0.25) is 0 Å². The first kappa shape index (κ1) is 40.9. The zero-order valence-corrected chi connectivity index (χ0v) is 39.5. The highest BCUT2D eigenvalue weighted by Gasteiger charge is 2.22. The number of rotatable bonds is 6. The fourth-order valence-electron chi connectivity index (χ4n) is 12.0. The molecule has 0 bridgehead atoms. The Balaban J connectivity index is 0.959. The van der Waals surface area contributed by atoms with E-state index in [1.165, 1.54) is 32.3 Å². The number of hydrogen-bond donors (Lipinski definition) is 3. The van der Waals surface area contributed by atoms with Gasteiger partial charge in [0.1, 0.15) is 0 Å². The van der Waals surface area contributed by atoms with Crippen LogP contribution in [0.5, 0.6) is 0 Å². The molecule has 0 atom stereocenters. The van der Waals surface area contributed by atoms with E-state index in [0.717, 1.165) is 117 Å². The van der Waals surface area contributed by atoms with E-state index in [0.29, 0.717) is 0 Å². The zero-order valence-electron chi connectivity index (χ0n) is 39.5. The van der Waals surface area contributed by atoms with Crippen molar-refractivity contribution in [3.63, 3.8) is 0 Å². The summed E-state index contributed by atoms with van der Waals surface area (Å²) in [6.45, 7) is 0. The molecule has 0 saturated carbocycles. The second-order valence-corrected chi connectivity index (χ2v) is 19.3. The van der Waals surface area contributed by atoms with Gasteiger partial charge in [-0.1, -0.05) is 109 Å². The summed E-state index contributed by atoms with van der Waals surface area (Å²) >= 11 is 0. The van der Waals surface area contributed by atoms with Crippen LogP contribution in [0.1, 0.15) is 0 Å². The molecule has 0 fully saturated rings. The molecule has 7 heteroatoms. The average Bonchev–Trinajstić information content (AvgIpc) is 4.07. The number of para-hydroxylation sites is 3. The Morgan fingerprint density at radius 2 is 0.534 bits per heavy atom. The fraction of sp³-hybridized carbons (Fsp3) is 0. The molecular weight excluding hydrogens is 891 g/mol. The molecule has 7 nitrogen and oxygen atoms in total. The summed E-state index contributed by atoms with van der Waals surface area (Å²) in [7, 11) is 0. The number of benzene rings is 12. The molecule has 0 spiro atoms. The van der Waals surface area contributed by atoms with Crippen LogP contribution in [-0.2, 0) is 0 Å². The van der Waals surface area contributed by atoms with Crippen LogP contribution in [0.3, 0.4) is 0 Å². The van der Waals surface area contributed by atoms with Crippen molar-refractivity contribution in [2.75, 3.05) is 22.1 Å². The zero-order chi connectivity index (χ0) is 48.5. The molecule has 0 amide bonds. The summed E-state index contributed by atoms with van der Waals surface area (Å²) in [5.41, 5.74) is 34.7. The Morgan fingerprint density at radius 3 is 0.836 bits per heavy atom. The molecule has 0 aliphatic carbocycles. The molecule has 0 saturated heterocycles. The minimum atomic E-state index is 0.736. The maximum Gasteiger partial charge on any atom is 0.0561 e. The number of anilines is 6. The van der Waals surface area contributed by atoms with Gasteiger partial charge < -0.3 is 35.8 Å². The van der Waals surface area contributed by atoms with Gasteiger partial charge in [0.15, 0.2) is 0 Å². The van der Waals surface area contributed by atoms with Crippen LogP contribution < -0.4 is 22.1 Å². The van der Waals surface area contributed by atoms with Crippen LogP contribution in [0.25, 0.3) is 115 Å². The summed E-state index contributed by atoms with van der Waals surface area (Å²) in [5, 5.41) is 14.1. The van der Waals surface area contributed by atoms with Crippen molar-refractivity contribution in [1.29, 1.82) is 0 Å². The highest BCUT2D eigenvalue weighted by Crippen LogP contribution is 2.46. The third-order valence-electron chi connectivity index (χ3n) is 15.1. The SMILES string of the molecule is Nc1ccc2c3c4ccc(N(c5ccc6c(ccc7c6c6ccc(N)cc6n7-c6ccccc6)c5)c5ccc6c(ccc7c6c6ccc(N)cc6n7-c6ccccc6)c5)cc4ccc3n(-c3ccccc3)c2c1. The van der Waals surface area contributed by atoms with Crippen LogP contribution in [-0.4, -0.2) is 13.7 Å². The number of nitrogens with two attached hydrogens (primary N) is 3. The molecule has 15 aromatic rings. The normalized spacial score (nSPS) is 12.0. The smallest absolute Gasteiger partial charge is 0.0561 e. The molecule has 3 aromatic heterocycles. The Labute approximate surface area is 419 Å². The van der Waals surface area contributed by atoms with Crippen molar-refractivity contribution in [3.8, 4) is 17.1 Å². The summed E-state index contributed by atoms with van der Waals surface area (Å²) in [6, 6.07) is 84.8. The molecule has 73 heavy (non-hydrogen) atoms. The summed E-state index contributed by atoms with van der Waals surface area (Å²) in [6.07, 6.45) is 0. The lowest BCUT2D eigenvalue weighted by Crippen LogP contribution is -2.10. The van der Waals surface area contributed by atoms with Crippen LogP contribution in [0.2, 0.25) is 0 Å². The fourth-order valence-corrected chi connectivity index (χ4v) is 12.0. The summed E-state index contributed by atoms with van der Waals surface area (Å²) in [4.78, 5) is 2.41. The lowest BCUT2D eigenvalue weighted by atomic mass is 10.00. The van der Waals surface area contributed by atoms with E-state index in [-0.39, 0.29) is 0 Å². The van der Waals surface area contributed by atoms with Gasteiger partial charge in [-0.05, 0) is 160 Å². The maximum atomic E-state index is 6.47. The van der Waals surface area contributed by atoms with Crippen LogP contribution in [0.4, 0.5) is 34.1 Å². The van der Waals surface area contributed by atoms with Gasteiger partial charge in [0, 0.05) is 83.5 Å². The minimum absolute atomic E-state index is 0.736. The lowest BCUT2D eigenvalue weighted by molar-refractivity contribution is 1.18. The molecule has 0 aliphatic rings. The highest BCUT2D eigenvalue weighted by molar-refractivity contribution is 6.25. The quantitative estimate of drug-likeness (QED) is 0.145. The van der Waals surface area contributed by atoms with Crippen LogP contribution >= 0.6 is 0 Å². The van der Waals surface area contributed by atoms with Crippen LogP contribution in [0, 0.1) is 0 Å². The van der Waals surface area contributed by atoms with Gasteiger partial charge in [0.05, 0.1) is 33.1 Å². The predicted octanol–water partition coefficient (Wildman–Crippen LogP) is 16.7. The number of fused-ring (bicyclic) bond motifs is 15. The first-order valence-electron chi connectivity index (χ1n) is 24.7. The molecule has 344 valence electrons. The Hall–Kier alpha value is -9.98. The molecule has 0 unspecified atom stereocenters. The third kappa shape index (κ3) is 6.12. The Bertz CT molecular complexity index is 4280. The van der Waals surface area contributed by atoms with E-state index in [4.69, 9.17) is 17.2 Å². The van der Waals surface area contributed by atoms with Crippen molar-refractivity contribution in [2.45, 2.75) is 0 Å². The van der Waals surface area contributed by atoms with E-state index in [9.17, 15) is 0 Å². The van der Waals surface area contributed by atoms with Gasteiger partial charge in [-0.25, -0.2) is 0 Å². The van der Waals surface area contributed by atoms with Gasteiger partial charge >= 0.3 is 0 Å². The van der Waals surface area contributed by atoms with Crippen molar-refractivity contribution in [3.05, 3.63) is 237 Å². The van der Waals surface area contributed by atoms with E-state index in [1.54, 1.807) is 0 Å². The molecule has 6 N–H and O–H groups in total. The molecule has 12 aromatic carbocycles. The molecule has 0 aliphatic heterocycles. The minimum Gasteiger partial charge on any atom is -0.399 e. The van der Waals surface area contributed by atoms with E-state index in [1.807, 2.05) is 18.2 Å². The standard InChI is InChI=1S/C66H45N7/c67-43-19-25-55-61(37-43)71(46-10-4-1-5-11-46)58-31-16-40-34-49(22-28-52(40)64(55)58)70(50-23-29-53-41(35-50)17-32-59-65(53)56-26-20-44(68)38-62(56)72(59)47-12-6-2-7-13-47)51-24-30-54-42(36-51)18-33-60-66(54)57-27-21-45(69)39-63(57)73(60)48-14-8-3-9-15-48/h1-39H,67-69H2. The monoisotopic (exact) mass is 935 g/mol. The van der Waals surface area contributed by atoms with Crippen LogP contribution in [0.15, 0.2) is 237 Å². The van der Waals surface area contributed by atoms with Crippen molar-refractivity contribution >= 4 is 132 Å². The first-order valence-corrected chi connectivity index (χ1v) is 24.7. The molecule has 15 rings (SSSR count). The lowest BCUT2D eigenvalue weighted by Gasteiger charge is -2.27. The topological polar surface area (TPSA) is 96.1 Å².